The topological polar surface area (TPSA) is 31.2 Å². The van der Waals surface area contributed by atoms with Gasteiger partial charge in [0, 0.05) is 40.2 Å². The van der Waals surface area contributed by atoms with Crippen LogP contribution < -0.4 is 0 Å². The summed E-state index contributed by atoms with van der Waals surface area (Å²) in [5.41, 5.74) is 3.80. The molecule has 1 aromatic heterocycles. The highest BCUT2D eigenvalue weighted by atomic mass is 35.5. The van der Waals surface area contributed by atoms with Gasteiger partial charge in [0.25, 0.3) is 0 Å². The average Bonchev–Trinajstić information content (AvgIpc) is 3.23. The maximum atomic E-state index is 13.4. The molecular formula is C31H34Cl2F3NO2. The zero-order valence-electron chi connectivity index (χ0n) is 22.6. The summed E-state index contributed by atoms with van der Waals surface area (Å²) >= 11 is 12.9. The Labute approximate surface area is 238 Å². The van der Waals surface area contributed by atoms with Crippen molar-refractivity contribution < 1.29 is 22.7 Å². The van der Waals surface area contributed by atoms with Crippen molar-refractivity contribution in [1.29, 1.82) is 0 Å². The molecule has 8 heteroatoms. The van der Waals surface area contributed by atoms with Gasteiger partial charge in [-0.1, -0.05) is 62.2 Å². The van der Waals surface area contributed by atoms with E-state index in [-0.39, 0.29) is 17.9 Å². The van der Waals surface area contributed by atoms with Gasteiger partial charge in [-0.2, -0.15) is 13.2 Å². The van der Waals surface area contributed by atoms with Gasteiger partial charge >= 0.3 is 12.1 Å². The molecule has 0 spiro atoms. The molecule has 210 valence electrons. The van der Waals surface area contributed by atoms with E-state index in [0.29, 0.717) is 22.4 Å². The van der Waals surface area contributed by atoms with Crippen LogP contribution in [0.2, 0.25) is 10.0 Å². The van der Waals surface area contributed by atoms with Crippen molar-refractivity contribution in [2.24, 2.45) is 11.8 Å². The standard InChI is InChI=1S/C31H34Cl2F3NO2/c1-5-20-9-13-25-26(24-14-12-23(32)16-27(24)33)17-37(29(25)30(20)39-19(4)38)28(15-6-18(2)3)21-7-10-22(11-8-21)31(34,35)36/h7-8,10-12,14,16-18,20,28,30H,5-6,9,13,15H2,1-4H3/t20-,28+,30?/m0/s1. The fraction of sp³-hybridized carbons (Fsp3) is 0.452. The molecule has 0 N–H and O–H groups in total. The Bertz CT molecular complexity index is 1310. The molecule has 0 aliphatic heterocycles. The largest absolute Gasteiger partial charge is 0.456 e. The van der Waals surface area contributed by atoms with E-state index < -0.39 is 17.8 Å². The molecule has 0 bridgehead atoms. The molecular weight excluding hydrogens is 546 g/mol. The third kappa shape index (κ3) is 6.49. The lowest BCUT2D eigenvalue weighted by atomic mass is 9.81. The van der Waals surface area contributed by atoms with Crippen LogP contribution in [0.5, 0.6) is 0 Å². The first-order chi connectivity index (χ1) is 18.4. The van der Waals surface area contributed by atoms with Crippen molar-refractivity contribution in [3.05, 3.63) is 81.1 Å². The number of halogens is 5. The number of aromatic nitrogens is 1. The van der Waals surface area contributed by atoms with Crippen LogP contribution in [0.15, 0.2) is 48.7 Å². The fourth-order valence-electron chi connectivity index (χ4n) is 5.66. The molecule has 1 heterocycles. The maximum Gasteiger partial charge on any atom is 0.416 e. The number of fused-ring (bicyclic) bond motifs is 1. The van der Waals surface area contributed by atoms with Crippen LogP contribution in [0.25, 0.3) is 11.1 Å². The molecule has 2 aromatic carbocycles. The van der Waals surface area contributed by atoms with E-state index in [0.717, 1.165) is 65.8 Å². The van der Waals surface area contributed by atoms with Gasteiger partial charge in [-0.15, -0.1) is 0 Å². The van der Waals surface area contributed by atoms with Gasteiger partial charge in [0.15, 0.2) is 0 Å². The molecule has 3 atom stereocenters. The maximum absolute atomic E-state index is 13.4. The van der Waals surface area contributed by atoms with Crippen molar-refractivity contribution >= 4 is 29.2 Å². The highest BCUT2D eigenvalue weighted by molar-refractivity contribution is 6.36. The Morgan fingerprint density at radius 2 is 1.77 bits per heavy atom. The quantitative estimate of drug-likeness (QED) is 0.248. The highest BCUT2D eigenvalue weighted by Crippen LogP contribution is 2.47. The number of carbonyl (C=O) groups excluding carboxylic acids is 1. The number of benzene rings is 2. The normalized spacial score (nSPS) is 18.2. The van der Waals surface area contributed by atoms with Crippen LogP contribution >= 0.6 is 23.2 Å². The first-order valence-electron chi connectivity index (χ1n) is 13.4. The van der Waals surface area contributed by atoms with Crippen LogP contribution in [0.4, 0.5) is 13.2 Å². The van der Waals surface area contributed by atoms with Gasteiger partial charge in [-0.25, -0.2) is 0 Å². The molecule has 1 aliphatic carbocycles. The van der Waals surface area contributed by atoms with E-state index in [1.165, 1.54) is 6.92 Å². The predicted octanol–water partition coefficient (Wildman–Crippen LogP) is 10.1. The SMILES string of the molecule is CC[C@H]1CCc2c(-c3ccc(Cl)cc3Cl)cn([C@H](CCC(C)C)c3ccc(C(F)(F)F)cc3)c2C1OC(C)=O. The second-order valence-electron chi connectivity index (χ2n) is 10.8. The lowest BCUT2D eigenvalue weighted by Crippen LogP contribution is -2.28. The zero-order valence-corrected chi connectivity index (χ0v) is 24.1. The minimum Gasteiger partial charge on any atom is -0.456 e. The molecule has 1 aliphatic rings. The van der Waals surface area contributed by atoms with Crippen LogP contribution in [0.1, 0.15) is 87.9 Å². The van der Waals surface area contributed by atoms with Crippen LogP contribution in [-0.4, -0.2) is 10.5 Å². The lowest BCUT2D eigenvalue weighted by molar-refractivity contribution is -0.150. The Balaban J connectivity index is 1.95. The minimum atomic E-state index is -4.41. The smallest absolute Gasteiger partial charge is 0.416 e. The van der Waals surface area contributed by atoms with Crippen molar-refractivity contribution in [3.8, 4) is 11.1 Å². The van der Waals surface area contributed by atoms with E-state index in [1.807, 2.05) is 12.3 Å². The van der Waals surface area contributed by atoms with Gasteiger partial charge in [-0.3, -0.25) is 4.79 Å². The zero-order chi connectivity index (χ0) is 28.5. The molecule has 0 saturated carbocycles. The monoisotopic (exact) mass is 579 g/mol. The number of ether oxygens (including phenoxy) is 1. The summed E-state index contributed by atoms with van der Waals surface area (Å²) in [6.07, 6.45) is 1.19. The van der Waals surface area contributed by atoms with E-state index >= 15 is 0 Å². The number of nitrogens with zero attached hydrogens (tertiary/aromatic N) is 1. The van der Waals surface area contributed by atoms with Gasteiger partial charge < -0.3 is 9.30 Å². The summed E-state index contributed by atoms with van der Waals surface area (Å²) in [6.45, 7) is 7.76. The van der Waals surface area contributed by atoms with Crippen LogP contribution in [0.3, 0.4) is 0 Å². The van der Waals surface area contributed by atoms with Crippen LogP contribution in [0, 0.1) is 11.8 Å². The summed E-state index contributed by atoms with van der Waals surface area (Å²) in [5, 5.41) is 1.04. The first kappa shape index (κ1) is 29.5. The Hall–Kier alpha value is -2.44. The molecule has 0 fully saturated rings. The summed E-state index contributed by atoms with van der Waals surface area (Å²) in [7, 11) is 0. The van der Waals surface area contributed by atoms with E-state index in [4.69, 9.17) is 27.9 Å². The Morgan fingerprint density at radius 3 is 2.33 bits per heavy atom. The van der Waals surface area contributed by atoms with Crippen molar-refractivity contribution in [2.75, 3.05) is 0 Å². The predicted molar refractivity (Wildman–Crippen MR) is 150 cm³/mol. The number of alkyl halides is 3. The van der Waals surface area contributed by atoms with Crippen molar-refractivity contribution in [3.63, 3.8) is 0 Å². The molecule has 1 unspecified atom stereocenters. The number of hydrogen-bond donors (Lipinski definition) is 0. The summed E-state index contributed by atoms with van der Waals surface area (Å²) in [6, 6.07) is 10.5. The van der Waals surface area contributed by atoms with Gasteiger partial charge in [-0.05, 0) is 73.4 Å². The van der Waals surface area contributed by atoms with E-state index in [2.05, 4.69) is 25.3 Å². The summed E-state index contributed by atoms with van der Waals surface area (Å²) in [4.78, 5) is 12.3. The summed E-state index contributed by atoms with van der Waals surface area (Å²) < 4.78 is 48.2. The highest BCUT2D eigenvalue weighted by Gasteiger charge is 2.38. The molecule has 3 aromatic rings. The third-order valence-corrected chi connectivity index (χ3v) is 8.21. The molecule has 0 radical (unpaired) electrons. The first-order valence-corrected chi connectivity index (χ1v) is 14.2. The molecule has 3 nitrogen and oxygen atoms in total. The second kappa shape index (κ2) is 12.0. The van der Waals surface area contributed by atoms with Gasteiger partial charge in [0.1, 0.15) is 6.10 Å². The average molecular weight is 581 g/mol. The minimum absolute atomic E-state index is 0.127. The summed E-state index contributed by atoms with van der Waals surface area (Å²) in [5.74, 6) is 0.159. The lowest BCUT2D eigenvalue weighted by Gasteiger charge is -2.34. The van der Waals surface area contributed by atoms with Gasteiger partial charge in [0.2, 0.25) is 0 Å². The second-order valence-corrected chi connectivity index (χ2v) is 11.6. The Morgan fingerprint density at radius 1 is 1.08 bits per heavy atom. The van der Waals surface area contributed by atoms with Crippen molar-refractivity contribution in [2.45, 2.75) is 78.1 Å². The van der Waals surface area contributed by atoms with E-state index in [1.54, 1.807) is 24.3 Å². The molecule has 39 heavy (non-hydrogen) atoms. The number of carbonyl (C=O) groups is 1. The fourth-order valence-corrected chi connectivity index (χ4v) is 6.18. The molecule has 0 amide bonds. The number of rotatable bonds is 8. The van der Waals surface area contributed by atoms with Crippen molar-refractivity contribution in [1.82, 2.24) is 4.57 Å². The number of esters is 1. The third-order valence-electron chi connectivity index (χ3n) is 7.66. The van der Waals surface area contributed by atoms with Gasteiger partial charge in [0.05, 0.1) is 17.3 Å². The number of hydrogen-bond acceptors (Lipinski definition) is 2. The molecule has 0 saturated heterocycles. The molecule has 4 rings (SSSR count). The van der Waals surface area contributed by atoms with E-state index in [9.17, 15) is 18.0 Å². The Kier molecular flexibility index (Phi) is 9.07. The van der Waals surface area contributed by atoms with Crippen LogP contribution in [-0.2, 0) is 22.1 Å².